The summed E-state index contributed by atoms with van der Waals surface area (Å²) in [5, 5.41) is 8.71. The summed E-state index contributed by atoms with van der Waals surface area (Å²) in [4.78, 5) is 11.6. The molecule has 1 N–H and O–H groups in total. The number of aliphatic carboxylic acids is 1. The van der Waals surface area contributed by atoms with E-state index in [9.17, 15) is 18.0 Å². The van der Waals surface area contributed by atoms with Crippen molar-refractivity contribution in [2.24, 2.45) is 0 Å². The Morgan fingerprint density at radius 3 is 2.75 bits per heavy atom. The Morgan fingerprint density at radius 1 is 1.40 bits per heavy atom. The summed E-state index contributed by atoms with van der Waals surface area (Å²) >= 11 is 0. The molecule has 0 aromatic heterocycles. The highest BCUT2D eigenvalue weighted by molar-refractivity contribution is 5.69. The van der Waals surface area contributed by atoms with Gasteiger partial charge in [-0.3, -0.25) is 9.69 Å². The normalized spacial score (nSPS) is 17.9. The lowest BCUT2D eigenvalue weighted by Gasteiger charge is -2.24. The van der Waals surface area contributed by atoms with Crippen LogP contribution in [0, 0.1) is 0 Å². The Labute approximate surface area is 113 Å². The molecule has 1 aliphatic rings. The summed E-state index contributed by atoms with van der Waals surface area (Å²) < 4.78 is 42.8. The van der Waals surface area contributed by atoms with Crippen LogP contribution in [0.4, 0.5) is 13.2 Å². The van der Waals surface area contributed by atoms with E-state index in [1.807, 2.05) is 0 Å². The summed E-state index contributed by atoms with van der Waals surface area (Å²) in [7, 11) is 0. The smallest absolute Gasteiger partial charge is 0.401 e. The maximum atomic E-state index is 12.5. The van der Waals surface area contributed by atoms with E-state index >= 15 is 0 Å². The molecule has 110 valence electrons. The number of ether oxygens (including phenoxy) is 1. The Balaban J connectivity index is 2.07. The predicted octanol–water partition coefficient (Wildman–Crippen LogP) is 2.11. The van der Waals surface area contributed by atoms with Crippen LogP contribution in [0.25, 0.3) is 0 Å². The van der Waals surface area contributed by atoms with Gasteiger partial charge in [0.2, 0.25) is 0 Å². The number of alkyl halides is 3. The standard InChI is InChI=1S/C13H14F3NO3/c14-13(15,16)8-17(6-12(18)19)5-9-7-20-11-4-2-1-3-10(9)11/h1-4,9H,5-8H2,(H,18,19). The van der Waals surface area contributed by atoms with Crippen molar-refractivity contribution >= 4 is 5.97 Å². The van der Waals surface area contributed by atoms with Gasteiger partial charge in [0.1, 0.15) is 5.75 Å². The molecule has 0 spiro atoms. The van der Waals surface area contributed by atoms with Crippen LogP contribution in [-0.4, -0.2) is 48.4 Å². The highest BCUT2D eigenvalue weighted by atomic mass is 19.4. The van der Waals surface area contributed by atoms with Crippen LogP contribution in [0.2, 0.25) is 0 Å². The van der Waals surface area contributed by atoms with Crippen LogP contribution >= 0.6 is 0 Å². The summed E-state index contributed by atoms with van der Waals surface area (Å²) in [6, 6.07) is 7.11. The molecular weight excluding hydrogens is 275 g/mol. The van der Waals surface area contributed by atoms with Gasteiger partial charge in [0.25, 0.3) is 0 Å². The third kappa shape index (κ3) is 3.86. The van der Waals surface area contributed by atoms with Gasteiger partial charge in [-0.05, 0) is 6.07 Å². The molecule has 0 saturated carbocycles. The Hall–Kier alpha value is -1.76. The van der Waals surface area contributed by atoms with Gasteiger partial charge in [-0.15, -0.1) is 0 Å². The van der Waals surface area contributed by atoms with Crippen molar-refractivity contribution in [2.75, 3.05) is 26.2 Å². The molecule has 20 heavy (non-hydrogen) atoms. The zero-order valence-electron chi connectivity index (χ0n) is 10.6. The second kappa shape index (κ2) is 5.70. The second-order valence-electron chi connectivity index (χ2n) is 4.72. The fourth-order valence-corrected chi connectivity index (χ4v) is 2.32. The number of rotatable bonds is 5. The molecule has 1 unspecified atom stereocenters. The Kier molecular flexibility index (Phi) is 4.17. The molecular formula is C13H14F3NO3. The molecule has 0 fully saturated rings. The van der Waals surface area contributed by atoms with Gasteiger partial charge in [-0.25, -0.2) is 0 Å². The molecule has 0 radical (unpaired) electrons. The van der Waals surface area contributed by atoms with Crippen molar-refractivity contribution in [3.05, 3.63) is 29.8 Å². The lowest BCUT2D eigenvalue weighted by Crippen LogP contribution is -2.40. The van der Waals surface area contributed by atoms with Gasteiger partial charge in [0, 0.05) is 18.0 Å². The molecule has 2 rings (SSSR count). The number of nitrogens with zero attached hydrogens (tertiary/aromatic N) is 1. The summed E-state index contributed by atoms with van der Waals surface area (Å²) in [5.74, 6) is -0.867. The molecule has 7 heteroatoms. The number of fused-ring (bicyclic) bond motifs is 1. The van der Waals surface area contributed by atoms with Crippen LogP contribution in [0.1, 0.15) is 11.5 Å². The van der Waals surface area contributed by atoms with E-state index in [2.05, 4.69) is 0 Å². The molecule has 1 aromatic rings. The van der Waals surface area contributed by atoms with Crippen LogP contribution in [0.5, 0.6) is 5.75 Å². The van der Waals surface area contributed by atoms with Crippen molar-refractivity contribution in [1.29, 1.82) is 0 Å². The zero-order chi connectivity index (χ0) is 14.8. The molecule has 1 aliphatic heterocycles. The number of carboxylic acids is 1. The first-order valence-corrected chi connectivity index (χ1v) is 6.08. The Bertz CT molecular complexity index is 490. The van der Waals surface area contributed by atoms with E-state index in [1.54, 1.807) is 24.3 Å². The number of hydrogen-bond acceptors (Lipinski definition) is 3. The highest BCUT2D eigenvalue weighted by Gasteiger charge is 2.34. The number of hydrogen-bond donors (Lipinski definition) is 1. The van der Waals surface area contributed by atoms with E-state index in [-0.39, 0.29) is 19.1 Å². The molecule has 0 aliphatic carbocycles. The number of benzene rings is 1. The largest absolute Gasteiger partial charge is 0.493 e. The molecule has 0 amide bonds. The van der Waals surface area contributed by atoms with Gasteiger partial charge in [-0.2, -0.15) is 13.2 Å². The zero-order valence-corrected chi connectivity index (χ0v) is 10.6. The van der Waals surface area contributed by atoms with Crippen molar-refractivity contribution in [1.82, 2.24) is 4.90 Å². The van der Waals surface area contributed by atoms with E-state index in [1.165, 1.54) is 0 Å². The van der Waals surface area contributed by atoms with Gasteiger partial charge < -0.3 is 9.84 Å². The van der Waals surface area contributed by atoms with Crippen LogP contribution in [0.3, 0.4) is 0 Å². The fraction of sp³-hybridized carbons (Fsp3) is 0.462. The molecule has 1 atom stereocenters. The average molecular weight is 289 g/mol. The minimum atomic E-state index is -4.42. The van der Waals surface area contributed by atoms with Crippen molar-refractivity contribution in [2.45, 2.75) is 12.1 Å². The monoisotopic (exact) mass is 289 g/mol. The summed E-state index contributed by atoms with van der Waals surface area (Å²) in [6.07, 6.45) is -4.42. The number of halogens is 3. The maximum absolute atomic E-state index is 12.5. The minimum Gasteiger partial charge on any atom is -0.493 e. The van der Waals surface area contributed by atoms with Gasteiger partial charge in [0.05, 0.1) is 19.7 Å². The predicted molar refractivity (Wildman–Crippen MR) is 64.8 cm³/mol. The lowest BCUT2D eigenvalue weighted by molar-refractivity contribution is -0.154. The van der Waals surface area contributed by atoms with E-state index in [0.29, 0.717) is 5.75 Å². The van der Waals surface area contributed by atoms with Gasteiger partial charge in [-0.1, -0.05) is 18.2 Å². The van der Waals surface area contributed by atoms with Crippen LogP contribution in [0.15, 0.2) is 24.3 Å². The fourth-order valence-electron chi connectivity index (χ4n) is 2.32. The number of carbonyl (C=O) groups is 1. The lowest BCUT2D eigenvalue weighted by atomic mass is 10.0. The van der Waals surface area contributed by atoms with Crippen molar-refractivity contribution in [3.8, 4) is 5.75 Å². The highest BCUT2D eigenvalue weighted by Crippen LogP contribution is 2.34. The van der Waals surface area contributed by atoms with E-state index in [4.69, 9.17) is 9.84 Å². The molecule has 0 bridgehead atoms. The third-order valence-corrected chi connectivity index (χ3v) is 3.04. The maximum Gasteiger partial charge on any atom is 0.401 e. The first-order valence-electron chi connectivity index (χ1n) is 6.08. The van der Waals surface area contributed by atoms with Crippen LogP contribution < -0.4 is 4.74 Å². The minimum absolute atomic E-state index is 0.00280. The number of carboxylic acid groups (broad SMARTS) is 1. The number of para-hydroxylation sites is 1. The van der Waals surface area contributed by atoms with E-state index < -0.39 is 25.2 Å². The summed E-state index contributed by atoms with van der Waals surface area (Å²) in [6.45, 7) is -1.60. The molecule has 0 saturated heterocycles. The molecule has 1 heterocycles. The first kappa shape index (κ1) is 14.6. The van der Waals surface area contributed by atoms with E-state index in [0.717, 1.165) is 10.5 Å². The average Bonchev–Trinajstić information content (AvgIpc) is 2.70. The Morgan fingerprint density at radius 2 is 2.10 bits per heavy atom. The van der Waals surface area contributed by atoms with Crippen molar-refractivity contribution < 1.29 is 27.8 Å². The second-order valence-corrected chi connectivity index (χ2v) is 4.72. The summed E-state index contributed by atoms with van der Waals surface area (Å²) in [5.41, 5.74) is 0.824. The first-order chi connectivity index (χ1) is 9.35. The van der Waals surface area contributed by atoms with Gasteiger partial charge >= 0.3 is 12.1 Å². The third-order valence-electron chi connectivity index (χ3n) is 3.04. The van der Waals surface area contributed by atoms with Gasteiger partial charge in [0.15, 0.2) is 0 Å². The molecule has 4 nitrogen and oxygen atoms in total. The molecule has 1 aromatic carbocycles. The van der Waals surface area contributed by atoms with Crippen molar-refractivity contribution in [3.63, 3.8) is 0 Å². The topological polar surface area (TPSA) is 49.8 Å². The van der Waals surface area contributed by atoms with Crippen LogP contribution in [-0.2, 0) is 4.79 Å². The SMILES string of the molecule is O=C(O)CN(CC1COc2ccccc21)CC(F)(F)F. The quantitative estimate of drug-likeness (QED) is 0.902.